The number of hydrogen-bond donors (Lipinski definition) is 3. The molecule has 0 aliphatic rings. The fraction of sp³-hybridized carbons (Fsp3) is 0.333. The minimum atomic E-state index is -0.449. The number of hydroxylamine groups is 1. The van der Waals surface area contributed by atoms with Gasteiger partial charge in [0.15, 0.2) is 11.5 Å². The zero-order chi connectivity index (χ0) is 18.2. The molecule has 0 saturated heterocycles. The van der Waals surface area contributed by atoms with E-state index in [-0.39, 0.29) is 46.9 Å². The third-order valence-corrected chi connectivity index (χ3v) is 3.87. The molecule has 8 nitrogen and oxygen atoms in total. The van der Waals surface area contributed by atoms with Crippen molar-refractivity contribution in [2.75, 3.05) is 6.61 Å². The highest BCUT2D eigenvalue weighted by molar-refractivity contribution is 9.10. The number of amidine groups is 1. The van der Waals surface area contributed by atoms with Crippen LogP contribution in [-0.4, -0.2) is 38.9 Å². The summed E-state index contributed by atoms with van der Waals surface area (Å²) in [6.07, 6.45) is 1.35. The molecule has 0 aliphatic heterocycles. The number of unbranched alkanes of at least 4 members (excludes halogenated alkanes) is 1. The Kier molecular flexibility index (Phi) is 7.16. The van der Waals surface area contributed by atoms with Gasteiger partial charge in [-0.3, -0.25) is 15.5 Å². The van der Waals surface area contributed by atoms with E-state index in [0.717, 1.165) is 0 Å². The van der Waals surface area contributed by atoms with Crippen LogP contribution >= 0.6 is 15.9 Å². The third-order valence-electron chi connectivity index (χ3n) is 3.26. The maximum absolute atomic E-state index is 13.3. The molecule has 0 fully saturated rings. The lowest BCUT2D eigenvalue weighted by Crippen LogP contribution is -2.22. The van der Waals surface area contributed by atoms with Gasteiger partial charge >= 0.3 is 0 Å². The van der Waals surface area contributed by atoms with Gasteiger partial charge in [0, 0.05) is 13.0 Å². The van der Waals surface area contributed by atoms with E-state index >= 15 is 0 Å². The lowest BCUT2D eigenvalue weighted by molar-refractivity contribution is -0.118. The van der Waals surface area contributed by atoms with Crippen molar-refractivity contribution in [1.82, 2.24) is 15.8 Å². The Morgan fingerprint density at radius 1 is 1.36 bits per heavy atom. The average Bonchev–Trinajstić information content (AvgIpc) is 3.04. The zero-order valence-corrected chi connectivity index (χ0v) is 14.7. The van der Waals surface area contributed by atoms with Crippen LogP contribution in [0, 0.1) is 5.82 Å². The summed E-state index contributed by atoms with van der Waals surface area (Å²) in [4.78, 5) is 16.0. The summed E-state index contributed by atoms with van der Waals surface area (Å²) >= 11 is 3.05. The molecule has 2 aromatic rings. The topological polar surface area (TPSA) is 121 Å². The van der Waals surface area contributed by atoms with E-state index in [0.29, 0.717) is 18.5 Å². The zero-order valence-electron chi connectivity index (χ0n) is 13.1. The first kappa shape index (κ1) is 19.2. The van der Waals surface area contributed by atoms with Gasteiger partial charge in [-0.05, 0) is 52.1 Å². The molecule has 0 spiro atoms. The van der Waals surface area contributed by atoms with Gasteiger partial charge in [0.25, 0.3) is 0 Å². The summed E-state index contributed by atoms with van der Waals surface area (Å²) in [5.41, 5.74) is 2.53. The van der Waals surface area contributed by atoms with Crippen LogP contribution < -0.4 is 5.48 Å². The summed E-state index contributed by atoms with van der Waals surface area (Å²) in [6.45, 7) is 0.0303. The molecule has 0 aliphatic carbocycles. The number of benzene rings is 1. The Labute approximate surface area is 150 Å². The number of carbonyl (C=O) groups excluding carboxylic acids is 1. The third kappa shape index (κ3) is 5.41. The smallest absolute Gasteiger partial charge is 0.182 e. The van der Waals surface area contributed by atoms with Gasteiger partial charge in [0.05, 0.1) is 16.6 Å². The number of nitrogens with zero attached hydrogens (tertiary/aromatic N) is 3. The molecule has 0 amide bonds. The van der Waals surface area contributed by atoms with Gasteiger partial charge in [-0.2, -0.15) is 0 Å². The van der Waals surface area contributed by atoms with E-state index in [1.54, 1.807) is 0 Å². The number of aliphatic imine (C=N–C) groups is 1. The number of carbonyl (C=O) groups is 1. The Balaban J connectivity index is 2.18. The lowest BCUT2D eigenvalue weighted by atomic mass is 10.1. The molecular formula is C15H16BrFN4O4. The number of rotatable bonds is 8. The molecule has 2 rings (SSSR count). The Hall–Kier alpha value is -2.17. The Morgan fingerprint density at radius 3 is 2.84 bits per heavy atom. The first-order chi connectivity index (χ1) is 12.0. The van der Waals surface area contributed by atoms with Crippen LogP contribution in [0.15, 0.2) is 32.3 Å². The Bertz CT molecular complexity index is 766. The summed E-state index contributed by atoms with van der Waals surface area (Å²) in [6, 6.07) is 4.04. The molecule has 3 N–H and O–H groups in total. The maximum Gasteiger partial charge on any atom is 0.182 e. The molecule has 0 saturated carbocycles. The van der Waals surface area contributed by atoms with Crippen LogP contribution in [0.25, 0.3) is 0 Å². The van der Waals surface area contributed by atoms with Crippen molar-refractivity contribution < 1.29 is 24.1 Å². The first-order valence-electron chi connectivity index (χ1n) is 7.43. The fourth-order valence-electron chi connectivity index (χ4n) is 2.03. The number of halogens is 2. The quantitative estimate of drug-likeness (QED) is 0.262. The van der Waals surface area contributed by atoms with Crippen LogP contribution in [-0.2, 0) is 11.2 Å². The van der Waals surface area contributed by atoms with Crippen molar-refractivity contribution in [3.8, 4) is 0 Å². The Morgan fingerprint density at radius 2 is 2.16 bits per heavy atom. The standard InChI is InChI=1S/C15H16BrFN4O4/c16-11-7-9(4-5-12(11)17)18-15(19-24)14-13(20-25-21-14)8-10(23)3-1-2-6-22/h4-5,7,22,24H,1-3,6,8H2,(H,18,19). The number of hydrogen-bond acceptors (Lipinski definition) is 7. The minimum absolute atomic E-state index is 0.0303. The first-order valence-corrected chi connectivity index (χ1v) is 8.22. The summed E-state index contributed by atoms with van der Waals surface area (Å²) in [7, 11) is 0. The van der Waals surface area contributed by atoms with Crippen LogP contribution in [0.3, 0.4) is 0 Å². The van der Waals surface area contributed by atoms with Crippen LogP contribution in [0.1, 0.15) is 30.7 Å². The molecule has 0 radical (unpaired) electrons. The predicted molar refractivity (Wildman–Crippen MR) is 89.2 cm³/mol. The maximum atomic E-state index is 13.3. The second-order valence-electron chi connectivity index (χ2n) is 5.13. The lowest BCUT2D eigenvalue weighted by Gasteiger charge is -2.04. The number of ketones is 1. The molecule has 1 aromatic carbocycles. The predicted octanol–water partition coefficient (Wildman–Crippen LogP) is 2.30. The van der Waals surface area contributed by atoms with Crippen molar-refractivity contribution in [3.63, 3.8) is 0 Å². The van der Waals surface area contributed by atoms with Crippen LogP contribution in [0.2, 0.25) is 0 Å². The number of aromatic nitrogens is 2. The van der Waals surface area contributed by atoms with E-state index in [9.17, 15) is 14.4 Å². The number of aliphatic hydroxyl groups is 1. The number of Topliss-reactive ketones (excluding diaryl/α,β-unsaturated/α-hetero) is 1. The molecule has 0 atom stereocenters. The highest BCUT2D eigenvalue weighted by Crippen LogP contribution is 2.23. The van der Waals surface area contributed by atoms with Crippen molar-refractivity contribution in [3.05, 3.63) is 39.9 Å². The minimum Gasteiger partial charge on any atom is -0.396 e. The van der Waals surface area contributed by atoms with Crippen molar-refractivity contribution in [2.45, 2.75) is 25.7 Å². The average molecular weight is 415 g/mol. The van der Waals surface area contributed by atoms with E-state index in [4.69, 9.17) is 5.11 Å². The monoisotopic (exact) mass is 414 g/mol. The molecule has 134 valence electrons. The summed E-state index contributed by atoms with van der Waals surface area (Å²) in [5, 5.41) is 25.4. The molecule has 0 bridgehead atoms. The molecule has 25 heavy (non-hydrogen) atoms. The molecular weight excluding hydrogens is 399 g/mol. The molecule has 10 heteroatoms. The highest BCUT2D eigenvalue weighted by atomic mass is 79.9. The normalized spacial score (nSPS) is 11.6. The SMILES string of the molecule is O=C(CCCCO)Cc1nonc1C(=Nc1ccc(F)c(Br)c1)NO. The van der Waals surface area contributed by atoms with Gasteiger partial charge in [-0.15, -0.1) is 0 Å². The highest BCUT2D eigenvalue weighted by Gasteiger charge is 2.19. The van der Waals surface area contributed by atoms with Gasteiger partial charge < -0.3 is 5.11 Å². The number of nitrogens with one attached hydrogen (secondary N) is 1. The van der Waals surface area contributed by atoms with Crippen LogP contribution in [0.4, 0.5) is 10.1 Å². The van der Waals surface area contributed by atoms with E-state index in [2.05, 4.69) is 35.9 Å². The summed E-state index contributed by atoms with van der Waals surface area (Å²) < 4.78 is 18.1. The largest absolute Gasteiger partial charge is 0.396 e. The van der Waals surface area contributed by atoms with E-state index < -0.39 is 5.82 Å². The van der Waals surface area contributed by atoms with Gasteiger partial charge in [-0.25, -0.2) is 14.0 Å². The second kappa shape index (κ2) is 9.35. The molecule has 1 heterocycles. The summed E-state index contributed by atoms with van der Waals surface area (Å²) in [5.74, 6) is -0.639. The fourth-order valence-corrected chi connectivity index (χ4v) is 2.39. The van der Waals surface area contributed by atoms with Crippen LogP contribution in [0.5, 0.6) is 0 Å². The second-order valence-corrected chi connectivity index (χ2v) is 5.98. The number of aliphatic hydroxyl groups excluding tert-OH is 1. The van der Waals surface area contributed by atoms with Gasteiger partial charge in [0.1, 0.15) is 17.3 Å². The van der Waals surface area contributed by atoms with E-state index in [1.807, 2.05) is 5.48 Å². The van der Waals surface area contributed by atoms with E-state index in [1.165, 1.54) is 18.2 Å². The molecule has 1 aromatic heterocycles. The van der Waals surface area contributed by atoms with Gasteiger partial charge in [0.2, 0.25) is 0 Å². The van der Waals surface area contributed by atoms with Gasteiger partial charge in [-0.1, -0.05) is 5.16 Å². The van der Waals surface area contributed by atoms with Crippen molar-refractivity contribution in [1.29, 1.82) is 0 Å². The van der Waals surface area contributed by atoms with Crippen molar-refractivity contribution in [2.24, 2.45) is 4.99 Å². The van der Waals surface area contributed by atoms with Crippen molar-refractivity contribution >= 4 is 33.2 Å². The molecule has 0 unspecified atom stereocenters.